The summed E-state index contributed by atoms with van der Waals surface area (Å²) >= 11 is 0. The number of anilines is 2. The molecular weight excluding hydrogens is 661 g/mol. The number of nitrogen functional groups attached to an aromatic ring is 2. The van der Waals surface area contributed by atoms with Crippen molar-refractivity contribution < 1.29 is 50.7 Å². The highest BCUT2D eigenvalue weighted by Gasteiger charge is 2.54. The van der Waals surface area contributed by atoms with Gasteiger partial charge in [0.1, 0.15) is 42.4 Å². The summed E-state index contributed by atoms with van der Waals surface area (Å²) in [6, 6.07) is 0. The molecule has 0 aromatic carbocycles. The van der Waals surface area contributed by atoms with E-state index < -0.39 is 83.3 Å². The van der Waals surface area contributed by atoms with Crippen LogP contribution in [0.2, 0.25) is 0 Å². The Hall–Kier alpha value is -3.43. The number of nitrogens with two attached hydrogens (primary N) is 2. The van der Waals surface area contributed by atoms with Crippen molar-refractivity contribution in [2.45, 2.75) is 49.1 Å². The number of aliphatic hydroxyl groups is 1. The Labute approximate surface area is 256 Å². The number of ether oxygens (including phenoxy) is 2. The summed E-state index contributed by atoms with van der Waals surface area (Å²) in [6.07, 6.45) is -8.57. The van der Waals surface area contributed by atoms with Crippen LogP contribution in [0.1, 0.15) is 12.5 Å². The molecule has 3 fully saturated rings. The number of rotatable bonds is 3. The minimum atomic E-state index is -4.59. The number of aromatic amines is 1. The highest BCUT2D eigenvalue weighted by atomic mass is 31.2. The molecule has 0 spiro atoms. The third-order valence-electron chi connectivity index (χ3n) is 7.62. The molecule has 24 heteroatoms. The molecule has 0 aliphatic carbocycles. The average molecular weight is 688 g/mol. The zero-order valence-corrected chi connectivity index (χ0v) is 25.6. The van der Waals surface area contributed by atoms with E-state index in [0.29, 0.717) is 0 Å². The van der Waals surface area contributed by atoms with Gasteiger partial charge >= 0.3 is 15.4 Å². The molecule has 6 unspecified atom stereocenters. The molecule has 4 aromatic heterocycles. The van der Waals surface area contributed by atoms with Gasteiger partial charge in [-0.25, -0.2) is 28.9 Å². The van der Waals surface area contributed by atoms with Gasteiger partial charge in [-0.05, 0) is 0 Å². The number of alkyl halides is 1. The van der Waals surface area contributed by atoms with E-state index in [1.54, 1.807) is 0 Å². The van der Waals surface area contributed by atoms with Gasteiger partial charge in [-0.15, -0.1) is 0 Å². The van der Waals surface area contributed by atoms with Gasteiger partial charge in [0.25, 0.3) is 5.56 Å². The van der Waals surface area contributed by atoms with Crippen LogP contribution in [-0.2, 0) is 41.2 Å². The number of fused-ring (bicyclic) bond motifs is 5. The molecule has 7 heterocycles. The minimum absolute atomic E-state index is 0.0336. The van der Waals surface area contributed by atoms with Gasteiger partial charge in [0.05, 0.1) is 25.9 Å². The number of halogens is 1. The molecule has 0 saturated carbocycles. The first-order valence-electron chi connectivity index (χ1n) is 13.6. The fraction of sp³-hybridized carbons (Fsp3) is 0.545. The van der Waals surface area contributed by atoms with E-state index >= 15 is 4.39 Å². The molecule has 46 heavy (non-hydrogen) atoms. The summed E-state index contributed by atoms with van der Waals surface area (Å²) in [5.74, 6) is -0.178. The predicted octanol–water partition coefficient (Wildman–Crippen LogP) is 0.0123. The van der Waals surface area contributed by atoms with Crippen molar-refractivity contribution >= 4 is 49.5 Å². The maximum Gasteiger partial charge on any atom is 0.475 e. The number of nitrogens with one attached hydrogen (secondary N) is 1. The molecule has 3 saturated heterocycles. The number of hydrogen-bond acceptors (Lipinski definition) is 18. The molecule has 21 nitrogen and oxygen atoms in total. The Morgan fingerprint density at radius 2 is 1.67 bits per heavy atom. The SMILES string of the molecule is COP1(=O)OCC2O[C@@H](n3cnc4c(=O)[nH]c(N)nc43)C(O[P@](C)(=O)OC[C@H]3O[C@@H](n4cnc5c(N)ncnc54)C(F)C3O1)C2O. The Morgan fingerprint density at radius 3 is 2.43 bits per heavy atom. The van der Waals surface area contributed by atoms with Gasteiger partial charge in [0.2, 0.25) is 5.95 Å². The molecule has 0 radical (unpaired) electrons. The minimum Gasteiger partial charge on any atom is -0.387 e. The Bertz CT molecular complexity index is 1960. The number of nitrogens with zero attached hydrogens (tertiary/aromatic N) is 7. The Morgan fingerprint density at radius 1 is 0.978 bits per heavy atom. The maximum atomic E-state index is 16.1. The number of H-pyrrole nitrogens is 1. The normalized spacial score (nSPS) is 37.1. The number of hydrogen-bond donors (Lipinski definition) is 4. The lowest BCUT2D eigenvalue weighted by atomic mass is 10.1. The van der Waals surface area contributed by atoms with E-state index in [1.807, 2.05) is 0 Å². The van der Waals surface area contributed by atoms with E-state index in [0.717, 1.165) is 20.1 Å². The fourth-order valence-electron chi connectivity index (χ4n) is 5.46. The van der Waals surface area contributed by atoms with Crippen molar-refractivity contribution in [3.05, 3.63) is 29.3 Å². The maximum absolute atomic E-state index is 16.1. The van der Waals surface area contributed by atoms with Crippen LogP contribution in [0.25, 0.3) is 22.3 Å². The van der Waals surface area contributed by atoms with Gasteiger partial charge in [-0.2, -0.15) is 4.98 Å². The van der Waals surface area contributed by atoms with Crippen LogP contribution in [0.4, 0.5) is 16.2 Å². The second kappa shape index (κ2) is 11.4. The van der Waals surface area contributed by atoms with E-state index in [9.17, 15) is 19.0 Å². The third kappa shape index (κ3) is 5.29. The summed E-state index contributed by atoms with van der Waals surface area (Å²) in [6.45, 7) is -0.130. The number of aromatic nitrogens is 8. The van der Waals surface area contributed by atoms with Crippen LogP contribution < -0.4 is 17.0 Å². The van der Waals surface area contributed by atoms with Crippen molar-refractivity contribution in [3.63, 3.8) is 0 Å². The van der Waals surface area contributed by atoms with Crippen molar-refractivity contribution in [1.82, 2.24) is 39.0 Å². The topological polar surface area (TPSA) is 278 Å². The first-order chi connectivity index (χ1) is 21.9. The van der Waals surface area contributed by atoms with Crippen LogP contribution in [0.15, 0.2) is 23.8 Å². The van der Waals surface area contributed by atoms with Crippen molar-refractivity contribution in [2.24, 2.45) is 0 Å². The van der Waals surface area contributed by atoms with Crippen molar-refractivity contribution in [2.75, 3.05) is 38.5 Å². The lowest BCUT2D eigenvalue weighted by molar-refractivity contribution is -0.0637. The number of phosphoric ester groups is 1. The van der Waals surface area contributed by atoms with Crippen LogP contribution in [-0.4, -0.2) is 108 Å². The van der Waals surface area contributed by atoms with E-state index in [4.69, 9.17) is 43.6 Å². The smallest absolute Gasteiger partial charge is 0.387 e. The molecular formula is C22H27FN10O11P2. The van der Waals surface area contributed by atoms with Gasteiger partial charge < -0.3 is 30.6 Å². The highest BCUT2D eigenvalue weighted by Crippen LogP contribution is 2.56. The number of phosphoric acid groups is 1. The Balaban J connectivity index is 1.22. The van der Waals surface area contributed by atoms with E-state index in [-0.39, 0.29) is 34.1 Å². The quantitative estimate of drug-likeness (QED) is 0.206. The number of imidazole rings is 2. The molecule has 4 aromatic rings. The first-order valence-corrected chi connectivity index (χ1v) is 17.0. The number of aliphatic hydroxyl groups excluding tert-OH is 1. The second-order valence-corrected chi connectivity index (χ2v) is 14.3. The molecule has 0 amide bonds. The summed E-state index contributed by atoms with van der Waals surface area (Å²) in [5.41, 5.74) is 11.1. The van der Waals surface area contributed by atoms with Gasteiger partial charge in [0, 0.05) is 13.8 Å². The van der Waals surface area contributed by atoms with E-state index in [1.165, 1.54) is 21.8 Å². The standard InChI is InChI=1S/C22H27FN10O11P2/c1-38-46(37)40-3-8-13(34)15(21(41-8)33-7-29-12-18(33)30-22(25)31-19(12)35)43-45(2,36)39-4-9-14(44-46)10(23)20(42-9)32-6-28-11-16(24)26-5-27-17(11)32/h5-10,13-15,20-21,34H,3-4H2,1-2H3,(H2,24,26,27)(H3,25,30,31,35)/t8?,9-,10?,13?,14?,15?,20-,21-,45-,46?/m1/s1. The third-order valence-corrected chi connectivity index (χ3v) is 10.3. The molecule has 3 aliphatic heterocycles. The lowest BCUT2D eigenvalue weighted by Crippen LogP contribution is -2.35. The first kappa shape index (κ1) is 31.2. The fourth-order valence-corrected chi connectivity index (χ4v) is 7.74. The largest absolute Gasteiger partial charge is 0.475 e. The molecule has 7 rings (SSSR count). The molecule has 2 bridgehead atoms. The summed E-state index contributed by atoms with van der Waals surface area (Å²) in [7, 11) is -7.71. The zero-order chi connectivity index (χ0) is 32.5. The highest BCUT2D eigenvalue weighted by molar-refractivity contribution is 7.53. The second-order valence-electron chi connectivity index (χ2n) is 10.6. The molecule has 6 N–H and O–H groups in total. The zero-order valence-electron chi connectivity index (χ0n) is 23.9. The van der Waals surface area contributed by atoms with Gasteiger partial charge in [-0.1, -0.05) is 0 Å². The molecule has 248 valence electrons. The molecule has 3 aliphatic rings. The lowest BCUT2D eigenvalue weighted by Gasteiger charge is -2.27. The van der Waals surface area contributed by atoms with Gasteiger partial charge in [0.15, 0.2) is 41.3 Å². The van der Waals surface area contributed by atoms with Crippen molar-refractivity contribution in [1.29, 1.82) is 0 Å². The predicted molar refractivity (Wildman–Crippen MR) is 151 cm³/mol. The average Bonchev–Trinajstić information content (AvgIpc) is 3.77. The van der Waals surface area contributed by atoms with E-state index in [2.05, 4.69) is 29.9 Å². The monoisotopic (exact) mass is 688 g/mol. The summed E-state index contributed by atoms with van der Waals surface area (Å²) in [4.78, 5) is 34.9. The van der Waals surface area contributed by atoms with Crippen LogP contribution >= 0.6 is 15.4 Å². The summed E-state index contributed by atoms with van der Waals surface area (Å²) in [5, 5.41) is 11.2. The van der Waals surface area contributed by atoms with Crippen molar-refractivity contribution in [3.8, 4) is 0 Å². The van der Waals surface area contributed by atoms with Gasteiger partial charge in [-0.3, -0.25) is 41.6 Å². The van der Waals surface area contributed by atoms with Crippen LogP contribution in [0.3, 0.4) is 0 Å². The molecule has 10 atom stereocenters. The summed E-state index contributed by atoms with van der Waals surface area (Å²) < 4.78 is 85.3. The Kier molecular flexibility index (Phi) is 7.71. The van der Waals surface area contributed by atoms with Crippen LogP contribution in [0.5, 0.6) is 0 Å². The van der Waals surface area contributed by atoms with Crippen LogP contribution in [0, 0.1) is 0 Å².